The van der Waals surface area contributed by atoms with Gasteiger partial charge in [0.25, 0.3) is 0 Å². The van der Waals surface area contributed by atoms with Crippen molar-refractivity contribution in [2.75, 3.05) is 11.1 Å². The van der Waals surface area contributed by atoms with Gasteiger partial charge >= 0.3 is 0 Å². The van der Waals surface area contributed by atoms with Crippen molar-refractivity contribution in [2.45, 2.75) is 5.16 Å². The largest absolute Gasteiger partial charge is 0.325 e. The fourth-order valence-corrected chi connectivity index (χ4v) is 3.36. The van der Waals surface area contributed by atoms with Gasteiger partial charge in [0.15, 0.2) is 11.0 Å². The maximum absolute atomic E-state index is 11.9. The fourth-order valence-electron chi connectivity index (χ4n) is 1.91. The van der Waals surface area contributed by atoms with Crippen LogP contribution in [0.3, 0.4) is 0 Å². The Morgan fingerprint density at radius 3 is 2.77 bits per heavy atom. The minimum absolute atomic E-state index is 0.0585. The van der Waals surface area contributed by atoms with E-state index in [2.05, 4.69) is 15.5 Å². The molecular formula is C15H14N4OS2. The first-order valence-corrected chi connectivity index (χ1v) is 8.51. The average molecular weight is 330 g/mol. The predicted molar refractivity (Wildman–Crippen MR) is 90.1 cm³/mol. The first-order chi connectivity index (χ1) is 10.7. The molecule has 0 saturated heterocycles. The summed E-state index contributed by atoms with van der Waals surface area (Å²) in [6.45, 7) is 0. The number of thiophene rings is 1. The van der Waals surface area contributed by atoms with E-state index in [0.717, 1.165) is 21.5 Å². The van der Waals surface area contributed by atoms with Crippen molar-refractivity contribution in [1.29, 1.82) is 0 Å². The highest BCUT2D eigenvalue weighted by atomic mass is 32.2. The lowest BCUT2D eigenvalue weighted by molar-refractivity contribution is -0.113. The van der Waals surface area contributed by atoms with E-state index in [9.17, 15) is 4.79 Å². The van der Waals surface area contributed by atoms with Crippen LogP contribution < -0.4 is 5.32 Å². The molecule has 0 saturated carbocycles. The van der Waals surface area contributed by atoms with Crippen LogP contribution in [0.25, 0.3) is 10.7 Å². The van der Waals surface area contributed by atoms with Gasteiger partial charge in [-0.2, -0.15) is 0 Å². The molecule has 0 fully saturated rings. The SMILES string of the molecule is Cn1c(SCC(=O)Nc2ccccc2)nnc1-c1cccs1. The van der Waals surface area contributed by atoms with Gasteiger partial charge in [0, 0.05) is 12.7 Å². The summed E-state index contributed by atoms with van der Waals surface area (Å²) in [5.41, 5.74) is 0.797. The van der Waals surface area contributed by atoms with Crippen molar-refractivity contribution in [3.63, 3.8) is 0 Å². The molecule has 0 unspecified atom stereocenters. The average Bonchev–Trinajstić information content (AvgIpc) is 3.16. The number of para-hydroxylation sites is 1. The number of benzene rings is 1. The monoisotopic (exact) mass is 330 g/mol. The van der Waals surface area contributed by atoms with Gasteiger partial charge in [-0.1, -0.05) is 36.0 Å². The van der Waals surface area contributed by atoms with Crippen LogP contribution in [-0.2, 0) is 11.8 Å². The smallest absolute Gasteiger partial charge is 0.234 e. The molecule has 1 amide bonds. The third-order valence-corrected chi connectivity index (χ3v) is 4.85. The van der Waals surface area contributed by atoms with Crippen LogP contribution in [0.2, 0.25) is 0 Å². The minimum Gasteiger partial charge on any atom is -0.325 e. The number of anilines is 1. The molecule has 1 N–H and O–H groups in total. The molecule has 3 aromatic rings. The van der Waals surface area contributed by atoms with Crippen molar-refractivity contribution in [3.8, 4) is 10.7 Å². The van der Waals surface area contributed by atoms with Crippen LogP contribution in [0, 0.1) is 0 Å². The molecule has 0 spiro atoms. The van der Waals surface area contributed by atoms with E-state index in [-0.39, 0.29) is 5.91 Å². The Morgan fingerprint density at radius 1 is 1.23 bits per heavy atom. The number of hydrogen-bond donors (Lipinski definition) is 1. The van der Waals surface area contributed by atoms with Crippen LogP contribution >= 0.6 is 23.1 Å². The first kappa shape index (κ1) is 14.8. The molecule has 1 aromatic carbocycles. The van der Waals surface area contributed by atoms with Gasteiger partial charge in [-0.25, -0.2) is 0 Å². The second-order valence-corrected chi connectivity index (χ2v) is 6.44. The van der Waals surface area contributed by atoms with Crippen LogP contribution in [0.5, 0.6) is 0 Å². The van der Waals surface area contributed by atoms with Crippen molar-refractivity contribution < 1.29 is 4.79 Å². The molecule has 2 heterocycles. The molecule has 0 radical (unpaired) electrons. The molecule has 22 heavy (non-hydrogen) atoms. The van der Waals surface area contributed by atoms with Gasteiger partial charge in [-0.05, 0) is 23.6 Å². The zero-order valence-electron chi connectivity index (χ0n) is 11.9. The topological polar surface area (TPSA) is 59.8 Å². The van der Waals surface area contributed by atoms with E-state index in [1.165, 1.54) is 11.8 Å². The van der Waals surface area contributed by atoms with Crippen molar-refractivity contribution >= 4 is 34.7 Å². The number of nitrogens with zero attached hydrogens (tertiary/aromatic N) is 3. The number of hydrogen-bond acceptors (Lipinski definition) is 5. The lowest BCUT2D eigenvalue weighted by Crippen LogP contribution is -2.14. The van der Waals surface area contributed by atoms with Gasteiger partial charge in [0.1, 0.15) is 0 Å². The number of aromatic nitrogens is 3. The van der Waals surface area contributed by atoms with Gasteiger partial charge in [0.05, 0.1) is 10.6 Å². The molecule has 7 heteroatoms. The highest BCUT2D eigenvalue weighted by molar-refractivity contribution is 7.99. The second kappa shape index (κ2) is 6.76. The number of amides is 1. The lowest BCUT2D eigenvalue weighted by Gasteiger charge is -2.05. The third kappa shape index (κ3) is 3.37. The standard InChI is InChI=1S/C15H14N4OS2/c1-19-14(12-8-5-9-21-12)17-18-15(19)22-10-13(20)16-11-6-3-2-4-7-11/h2-9H,10H2,1H3,(H,16,20). The highest BCUT2D eigenvalue weighted by Crippen LogP contribution is 2.25. The Labute approximate surface area is 136 Å². The summed E-state index contributed by atoms with van der Waals surface area (Å²) in [5, 5.41) is 13.9. The van der Waals surface area contributed by atoms with Crippen LogP contribution in [0.1, 0.15) is 0 Å². The maximum atomic E-state index is 11.9. The fraction of sp³-hybridized carbons (Fsp3) is 0.133. The molecule has 3 rings (SSSR count). The van der Waals surface area contributed by atoms with Gasteiger partial charge in [-0.3, -0.25) is 4.79 Å². The van der Waals surface area contributed by atoms with E-state index < -0.39 is 0 Å². The number of carbonyl (C=O) groups is 1. The Balaban J connectivity index is 1.61. The van der Waals surface area contributed by atoms with E-state index in [1.807, 2.05) is 59.5 Å². The molecule has 0 aliphatic carbocycles. The normalized spacial score (nSPS) is 10.6. The Hall–Kier alpha value is -2.12. The number of carbonyl (C=O) groups excluding carboxylic acids is 1. The molecule has 0 bridgehead atoms. The van der Waals surface area contributed by atoms with Gasteiger partial charge in [0.2, 0.25) is 5.91 Å². The van der Waals surface area contributed by atoms with E-state index >= 15 is 0 Å². The molecule has 0 aliphatic heterocycles. The van der Waals surface area contributed by atoms with Crippen molar-refractivity contribution in [2.24, 2.45) is 7.05 Å². The molecule has 2 aromatic heterocycles. The number of rotatable bonds is 5. The van der Waals surface area contributed by atoms with E-state index in [1.54, 1.807) is 11.3 Å². The molecular weight excluding hydrogens is 316 g/mol. The number of thioether (sulfide) groups is 1. The Morgan fingerprint density at radius 2 is 2.05 bits per heavy atom. The summed E-state index contributed by atoms with van der Waals surface area (Å²) in [5.74, 6) is 1.06. The molecule has 5 nitrogen and oxygen atoms in total. The molecule has 0 atom stereocenters. The zero-order chi connectivity index (χ0) is 15.4. The molecule has 0 aliphatic rings. The summed E-state index contributed by atoms with van der Waals surface area (Å²) in [6.07, 6.45) is 0. The van der Waals surface area contributed by atoms with Crippen LogP contribution in [0.4, 0.5) is 5.69 Å². The summed E-state index contributed by atoms with van der Waals surface area (Å²) >= 11 is 2.99. The van der Waals surface area contributed by atoms with Gasteiger partial charge < -0.3 is 9.88 Å². The summed E-state index contributed by atoms with van der Waals surface area (Å²) in [4.78, 5) is 13.0. The summed E-state index contributed by atoms with van der Waals surface area (Å²) < 4.78 is 1.91. The maximum Gasteiger partial charge on any atom is 0.234 e. The second-order valence-electron chi connectivity index (χ2n) is 4.55. The third-order valence-electron chi connectivity index (χ3n) is 2.97. The lowest BCUT2D eigenvalue weighted by atomic mass is 10.3. The first-order valence-electron chi connectivity index (χ1n) is 6.65. The Kier molecular flexibility index (Phi) is 4.55. The van der Waals surface area contributed by atoms with Crippen molar-refractivity contribution in [1.82, 2.24) is 14.8 Å². The zero-order valence-corrected chi connectivity index (χ0v) is 13.5. The highest BCUT2D eigenvalue weighted by Gasteiger charge is 2.13. The van der Waals surface area contributed by atoms with Crippen LogP contribution in [-0.4, -0.2) is 26.4 Å². The van der Waals surface area contributed by atoms with Gasteiger partial charge in [-0.15, -0.1) is 21.5 Å². The Bertz CT molecular complexity index is 753. The summed E-state index contributed by atoms with van der Waals surface area (Å²) in [6, 6.07) is 13.4. The minimum atomic E-state index is -0.0585. The molecule has 112 valence electrons. The van der Waals surface area contributed by atoms with E-state index in [4.69, 9.17) is 0 Å². The van der Waals surface area contributed by atoms with Crippen molar-refractivity contribution in [3.05, 3.63) is 47.8 Å². The number of nitrogens with one attached hydrogen (secondary N) is 1. The quantitative estimate of drug-likeness (QED) is 0.729. The van der Waals surface area contributed by atoms with E-state index in [0.29, 0.717) is 5.75 Å². The summed E-state index contributed by atoms with van der Waals surface area (Å²) in [7, 11) is 1.91. The predicted octanol–water partition coefficient (Wildman–Crippen LogP) is 3.27. The van der Waals surface area contributed by atoms with Crippen LogP contribution in [0.15, 0.2) is 53.0 Å².